The first-order valence-corrected chi connectivity index (χ1v) is 13.8. The summed E-state index contributed by atoms with van der Waals surface area (Å²) in [5.41, 5.74) is 1.65. The number of benzene rings is 2. The van der Waals surface area contributed by atoms with Gasteiger partial charge in [-0.3, -0.25) is 0 Å². The van der Waals surface area contributed by atoms with Gasteiger partial charge in [-0.2, -0.15) is 0 Å². The van der Waals surface area contributed by atoms with E-state index in [1.807, 2.05) is 65.8 Å². The molecule has 2 aliphatic carbocycles. The maximum atomic E-state index is 11.6. The minimum atomic E-state index is -0.438. The number of rotatable bonds is 4. The Balaban J connectivity index is 0.000000201. The van der Waals surface area contributed by atoms with Crippen molar-refractivity contribution in [3.8, 4) is 0 Å². The molecule has 2 aliphatic rings. The molecular weight excluding hydrogens is 588 g/mol. The van der Waals surface area contributed by atoms with Crippen molar-refractivity contribution >= 4 is 44.0 Å². The molecular formula is C28H36Br2N2O4. The molecule has 196 valence electrons. The van der Waals surface area contributed by atoms with Gasteiger partial charge in [0.15, 0.2) is 0 Å². The lowest BCUT2D eigenvalue weighted by Crippen LogP contribution is -2.34. The minimum absolute atomic E-state index is 0.209. The molecule has 0 unspecified atom stereocenters. The van der Waals surface area contributed by atoms with E-state index >= 15 is 0 Å². The number of alkyl carbamates (subject to hydrolysis) is 2. The number of carbonyl (C=O) groups is 2. The fraction of sp³-hybridized carbons (Fsp3) is 0.500. The SMILES string of the molecule is CC(C)(C)OC(=O)N[C@@H]1C[C@H]1c1ccc(Br)cc1.CC(C)(C)OC(=O)N[C@H]1C[C@@H]1c1ccc(Br)cc1. The average Bonchev–Trinajstić information content (AvgIpc) is 3.64. The van der Waals surface area contributed by atoms with E-state index in [9.17, 15) is 9.59 Å². The second kappa shape index (κ2) is 11.5. The highest BCUT2D eigenvalue weighted by molar-refractivity contribution is 9.10. The number of amides is 2. The molecule has 36 heavy (non-hydrogen) atoms. The fourth-order valence-corrected chi connectivity index (χ4v) is 4.31. The highest BCUT2D eigenvalue weighted by Crippen LogP contribution is 2.42. The maximum Gasteiger partial charge on any atom is 0.407 e. The zero-order valence-corrected chi connectivity index (χ0v) is 24.9. The maximum absolute atomic E-state index is 11.6. The Kier molecular flexibility index (Phi) is 9.15. The standard InChI is InChI=1S/2C14H18BrNO2/c2*1-14(2,3)18-13(17)16-12-8-11(12)9-4-6-10(15)7-5-9/h2*4-7,11-12H,8H2,1-3H3,(H,16,17)/t2*11-,12+/m10/s1. The van der Waals surface area contributed by atoms with Crippen molar-refractivity contribution in [1.29, 1.82) is 0 Å². The van der Waals surface area contributed by atoms with Gasteiger partial charge in [0.25, 0.3) is 0 Å². The topological polar surface area (TPSA) is 76.7 Å². The van der Waals surface area contributed by atoms with Crippen LogP contribution in [0.15, 0.2) is 57.5 Å². The van der Waals surface area contributed by atoms with Crippen LogP contribution in [0.4, 0.5) is 9.59 Å². The van der Waals surface area contributed by atoms with Crippen LogP contribution in [0.3, 0.4) is 0 Å². The minimum Gasteiger partial charge on any atom is -0.444 e. The molecule has 4 rings (SSSR count). The quantitative estimate of drug-likeness (QED) is 0.367. The zero-order chi connectivity index (χ0) is 26.7. The summed E-state index contributed by atoms with van der Waals surface area (Å²) in [6.07, 6.45) is 1.32. The van der Waals surface area contributed by atoms with Crippen molar-refractivity contribution < 1.29 is 19.1 Å². The Morgan fingerprint density at radius 3 is 1.25 bits per heavy atom. The van der Waals surface area contributed by atoms with Gasteiger partial charge >= 0.3 is 12.2 Å². The van der Waals surface area contributed by atoms with Crippen LogP contribution >= 0.6 is 31.9 Å². The van der Waals surface area contributed by atoms with E-state index in [4.69, 9.17) is 9.47 Å². The van der Waals surface area contributed by atoms with Crippen molar-refractivity contribution in [2.75, 3.05) is 0 Å². The summed E-state index contributed by atoms with van der Waals surface area (Å²) in [5.74, 6) is 0.844. The number of hydrogen-bond donors (Lipinski definition) is 2. The van der Waals surface area contributed by atoms with Gasteiger partial charge in [-0.05, 0) is 89.8 Å². The van der Waals surface area contributed by atoms with Gasteiger partial charge in [-0.15, -0.1) is 0 Å². The molecule has 0 spiro atoms. The lowest BCUT2D eigenvalue weighted by Gasteiger charge is -2.19. The van der Waals surface area contributed by atoms with E-state index in [0.717, 1.165) is 21.8 Å². The first-order chi connectivity index (χ1) is 16.7. The Hall–Kier alpha value is -2.06. The van der Waals surface area contributed by atoms with Gasteiger partial charge in [0.05, 0.1) is 0 Å². The molecule has 2 N–H and O–H groups in total. The van der Waals surface area contributed by atoms with Gasteiger partial charge < -0.3 is 20.1 Å². The van der Waals surface area contributed by atoms with Crippen molar-refractivity contribution in [3.05, 3.63) is 68.6 Å². The summed E-state index contributed by atoms with van der Waals surface area (Å²) in [6, 6.07) is 16.9. The van der Waals surface area contributed by atoms with E-state index < -0.39 is 11.2 Å². The van der Waals surface area contributed by atoms with E-state index in [0.29, 0.717) is 11.8 Å². The Morgan fingerprint density at radius 2 is 0.972 bits per heavy atom. The molecule has 0 bridgehead atoms. The number of nitrogens with one attached hydrogen (secondary N) is 2. The van der Waals surface area contributed by atoms with E-state index in [2.05, 4.69) is 66.8 Å². The number of halogens is 2. The van der Waals surface area contributed by atoms with Crippen LogP contribution in [0.2, 0.25) is 0 Å². The van der Waals surface area contributed by atoms with Gasteiger partial charge in [-0.25, -0.2) is 9.59 Å². The van der Waals surface area contributed by atoms with Crippen molar-refractivity contribution in [2.45, 2.75) is 89.5 Å². The Bertz CT molecular complexity index is 958. The second-order valence-corrected chi connectivity index (χ2v) is 13.1. The molecule has 4 atom stereocenters. The molecule has 2 amide bonds. The van der Waals surface area contributed by atoms with Crippen molar-refractivity contribution in [1.82, 2.24) is 10.6 Å². The Labute approximate surface area is 231 Å². The van der Waals surface area contributed by atoms with Crippen LogP contribution in [0.1, 0.15) is 77.3 Å². The molecule has 2 fully saturated rings. The molecule has 0 aromatic heterocycles. The lowest BCUT2D eigenvalue weighted by atomic mass is 10.1. The van der Waals surface area contributed by atoms with Gasteiger partial charge in [-0.1, -0.05) is 56.1 Å². The van der Waals surface area contributed by atoms with Crippen LogP contribution < -0.4 is 10.6 Å². The number of hydrogen-bond acceptors (Lipinski definition) is 4. The van der Waals surface area contributed by atoms with Crippen molar-refractivity contribution in [2.24, 2.45) is 0 Å². The molecule has 0 heterocycles. The predicted molar refractivity (Wildman–Crippen MR) is 149 cm³/mol. The van der Waals surface area contributed by atoms with Crippen LogP contribution in [0.25, 0.3) is 0 Å². The van der Waals surface area contributed by atoms with Crippen molar-refractivity contribution in [3.63, 3.8) is 0 Å². The largest absolute Gasteiger partial charge is 0.444 e. The van der Waals surface area contributed by atoms with Gasteiger partial charge in [0.2, 0.25) is 0 Å². The Morgan fingerprint density at radius 1 is 0.667 bits per heavy atom. The predicted octanol–water partition coefficient (Wildman–Crippen LogP) is 7.66. The summed E-state index contributed by atoms with van der Waals surface area (Å²) < 4.78 is 12.6. The number of carbonyl (C=O) groups excluding carboxylic acids is 2. The molecule has 2 aromatic carbocycles. The average molecular weight is 624 g/mol. The summed E-state index contributed by atoms with van der Waals surface area (Å²) in [7, 11) is 0. The summed E-state index contributed by atoms with van der Waals surface area (Å²) >= 11 is 6.83. The third kappa shape index (κ3) is 9.77. The van der Waals surface area contributed by atoms with E-state index in [1.165, 1.54) is 11.1 Å². The third-order valence-corrected chi connectivity index (χ3v) is 6.64. The smallest absolute Gasteiger partial charge is 0.407 e. The van der Waals surface area contributed by atoms with Gasteiger partial charge in [0, 0.05) is 32.9 Å². The summed E-state index contributed by atoms with van der Waals surface area (Å²) in [4.78, 5) is 23.2. The molecule has 2 aromatic rings. The summed E-state index contributed by atoms with van der Waals surface area (Å²) in [5, 5.41) is 5.80. The van der Waals surface area contributed by atoms with E-state index in [1.54, 1.807) is 0 Å². The molecule has 0 aliphatic heterocycles. The highest BCUT2D eigenvalue weighted by Gasteiger charge is 2.41. The van der Waals surface area contributed by atoms with E-state index in [-0.39, 0.29) is 24.3 Å². The third-order valence-electron chi connectivity index (χ3n) is 5.58. The van der Waals surface area contributed by atoms with Crippen LogP contribution in [-0.2, 0) is 9.47 Å². The number of ether oxygens (including phenoxy) is 2. The van der Waals surface area contributed by atoms with Crippen LogP contribution in [-0.4, -0.2) is 35.5 Å². The molecule has 0 radical (unpaired) electrons. The fourth-order valence-electron chi connectivity index (χ4n) is 3.78. The normalized spacial score (nSPS) is 22.4. The molecule has 6 nitrogen and oxygen atoms in total. The molecule has 8 heteroatoms. The monoisotopic (exact) mass is 622 g/mol. The lowest BCUT2D eigenvalue weighted by molar-refractivity contribution is 0.0511. The zero-order valence-electron chi connectivity index (χ0n) is 21.7. The molecule has 0 saturated heterocycles. The second-order valence-electron chi connectivity index (χ2n) is 11.3. The van der Waals surface area contributed by atoms with Gasteiger partial charge in [0.1, 0.15) is 11.2 Å². The van der Waals surface area contributed by atoms with Crippen LogP contribution in [0.5, 0.6) is 0 Å². The first kappa shape index (κ1) is 28.5. The highest BCUT2D eigenvalue weighted by atomic mass is 79.9. The summed E-state index contributed by atoms with van der Waals surface area (Å²) in [6.45, 7) is 11.2. The van der Waals surface area contributed by atoms with Crippen LogP contribution in [0, 0.1) is 0 Å². The molecule has 2 saturated carbocycles. The first-order valence-electron chi connectivity index (χ1n) is 12.2.